The summed E-state index contributed by atoms with van der Waals surface area (Å²) in [5.41, 5.74) is 0.638. The van der Waals surface area contributed by atoms with Crippen LogP contribution < -0.4 is 9.64 Å². The molecule has 108 valence electrons. The van der Waals surface area contributed by atoms with E-state index in [4.69, 9.17) is 9.47 Å². The van der Waals surface area contributed by atoms with Crippen molar-refractivity contribution in [1.82, 2.24) is 0 Å². The van der Waals surface area contributed by atoms with E-state index in [1.54, 1.807) is 29.2 Å². The summed E-state index contributed by atoms with van der Waals surface area (Å²) in [6, 6.07) is 6.85. The van der Waals surface area contributed by atoms with Crippen molar-refractivity contribution in [3.8, 4) is 5.75 Å². The van der Waals surface area contributed by atoms with Crippen LogP contribution in [0.1, 0.15) is 27.2 Å². The molecule has 1 saturated heterocycles. The summed E-state index contributed by atoms with van der Waals surface area (Å²) in [6.07, 6.45) is 0.00944. The van der Waals surface area contributed by atoms with E-state index in [9.17, 15) is 9.59 Å². The molecular formula is C15H19NO4. The second-order valence-electron chi connectivity index (χ2n) is 5.97. The molecule has 20 heavy (non-hydrogen) atoms. The van der Waals surface area contributed by atoms with E-state index in [2.05, 4.69) is 0 Å². The van der Waals surface area contributed by atoms with Gasteiger partial charge in [-0.05, 0) is 29.7 Å². The molecule has 0 unspecified atom stereocenters. The van der Waals surface area contributed by atoms with Gasteiger partial charge >= 0.3 is 12.1 Å². The van der Waals surface area contributed by atoms with Crippen molar-refractivity contribution < 1.29 is 19.1 Å². The number of carbonyl (C=O) groups is 2. The first-order valence-electron chi connectivity index (χ1n) is 6.60. The quantitative estimate of drug-likeness (QED) is 0.629. The monoisotopic (exact) mass is 277 g/mol. The molecule has 5 heteroatoms. The van der Waals surface area contributed by atoms with Crippen LogP contribution in [0.5, 0.6) is 5.75 Å². The Morgan fingerprint density at radius 3 is 2.45 bits per heavy atom. The number of carbonyl (C=O) groups excluding carboxylic acids is 2. The highest BCUT2D eigenvalue weighted by atomic mass is 16.6. The standard InChI is InChI=1S/C15H19NO4/c1-15(2,3)10-13(17)20-12-6-4-11(5-7-12)16-8-9-19-14(16)18/h4-7H,8-10H2,1-3H3. The number of amides is 1. The van der Waals surface area contributed by atoms with Gasteiger partial charge in [0, 0.05) is 5.69 Å². The zero-order valence-corrected chi connectivity index (χ0v) is 12.0. The van der Waals surface area contributed by atoms with Gasteiger partial charge in [0.25, 0.3) is 0 Å². The number of hydrogen-bond donors (Lipinski definition) is 0. The van der Waals surface area contributed by atoms with Gasteiger partial charge in [-0.3, -0.25) is 9.69 Å². The molecule has 1 aromatic carbocycles. The Kier molecular flexibility index (Phi) is 3.97. The molecule has 1 fully saturated rings. The van der Waals surface area contributed by atoms with Crippen LogP contribution in [0.4, 0.5) is 10.5 Å². The summed E-state index contributed by atoms with van der Waals surface area (Å²) in [5, 5.41) is 0. The Morgan fingerprint density at radius 2 is 1.95 bits per heavy atom. The molecule has 1 aliphatic heterocycles. The number of ether oxygens (including phenoxy) is 2. The minimum atomic E-state index is -0.345. The maximum atomic E-state index is 11.7. The second-order valence-corrected chi connectivity index (χ2v) is 5.97. The highest BCUT2D eigenvalue weighted by molar-refractivity contribution is 5.89. The highest BCUT2D eigenvalue weighted by Gasteiger charge is 2.23. The van der Waals surface area contributed by atoms with Crippen molar-refractivity contribution in [3.05, 3.63) is 24.3 Å². The zero-order valence-electron chi connectivity index (χ0n) is 12.0. The van der Waals surface area contributed by atoms with E-state index >= 15 is 0 Å². The van der Waals surface area contributed by atoms with Gasteiger partial charge in [0.1, 0.15) is 12.4 Å². The molecule has 5 nitrogen and oxygen atoms in total. The van der Waals surface area contributed by atoms with Crippen molar-refractivity contribution in [3.63, 3.8) is 0 Å². The summed E-state index contributed by atoms with van der Waals surface area (Å²) in [4.78, 5) is 24.7. The van der Waals surface area contributed by atoms with Crippen LogP contribution >= 0.6 is 0 Å². The van der Waals surface area contributed by atoms with Crippen molar-refractivity contribution in [1.29, 1.82) is 0 Å². The Hall–Kier alpha value is -2.04. The average Bonchev–Trinajstić information content (AvgIpc) is 2.74. The summed E-state index contributed by atoms with van der Waals surface area (Å²) >= 11 is 0. The summed E-state index contributed by atoms with van der Waals surface area (Å²) in [7, 11) is 0. The summed E-state index contributed by atoms with van der Waals surface area (Å²) in [5.74, 6) is 0.224. The van der Waals surface area contributed by atoms with Crippen LogP contribution in [0.2, 0.25) is 0 Å². The van der Waals surface area contributed by atoms with Gasteiger partial charge in [-0.2, -0.15) is 0 Å². The van der Waals surface area contributed by atoms with Crippen LogP contribution in [0, 0.1) is 5.41 Å². The van der Waals surface area contributed by atoms with Crippen LogP contribution in [-0.2, 0) is 9.53 Å². The normalized spacial score (nSPS) is 15.2. The Bertz CT molecular complexity index is 502. The fourth-order valence-electron chi connectivity index (χ4n) is 1.92. The van der Waals surface area contributed by atoms with Gasteiger partial charge in [0.2, 0.25) is 0 Å². The first-order chi connectivity index (χ1) is 9.35. The van der Waals surface area contributed by atoms with Gasteiger partial charge in [0.15, 0.2) is 0 Å². The third kappa shape index (κ3) is 3.73. The number of anilines is 1. The second kappa shape index (κ2) is 5.53. The minimum absolute atomic E-state index is 0.101. The van der Waals surface area contributed by atoms with Crippen molar-refractivity contribution in [2.24, 2.45) is 5.41 Å². The fraction of sp³-hybridized carbons (Fsp3) is 0.467. The first kappa shape index (κ1) is 14.4. The lowest BCUT2D eigenvalue weighted by atomic mass is 9.92. The molecule has 0 atom stereocenters. The third-order valence-corrected chi connectivity index (χ3v) is 2.82. The molecule has 1 amide bonds. The molecule has 0 bridgehead atoms. The lowest BCUT2D eigenvalue weighted by Gasteiger charge is -2.17. The van der Waals surface area contributed by atoms with Crippen LogP contribution in [0.15, 0.2) is 24.3 Å². The maximum Gasteiger partial charge on any atom is 0.414 e. The topological polar surface area (TPSA) is 55.8 Å². The Labute approximate surface area is 118 Å². The van der Waals surface area contributed by atoms with Gasteiger partial charge in [-0.15, -0.1) is 0 Å². The Balaban J connectivity index is 1.98. The van der Waals surface area contributed by atoms with Crippen LogP contribution in [0.25, 0.3) is 0 Å². The highest BCUT2D eigenvalue weighted by Crippen LogP contribution is 2.24. The molecule has 0 aliphatic carbocycles. The molecule has 0 N–H and O–H groups in total. The predicted molar refractivity (Wildman–Crippen MR) is 74.8 cm³/mol. The zero-order chi connectivity index (χ0) is 14.8. The largest absolute Gasteiger partial charge is 0.447 e. The lowest BCUT2D eigenvalue weighted by molar-refractivity contribution is -0.136. The van der Waals surface area contributed by atoms with Gasteiger partial charge in [-0.1, -0.05) is 20.8 Å². The molecule has 1 heterocycles. The molecule has 2 rings (SSSR count). The number of hydrogen-bond acceptors (Lipinski definition) is 4. The lowest BCUT2D eigenvalue weighted by Crippen LogP contribution is -2.23. The average molecular weight is 277 g/mol. The predicted octanol–water partition coefficient (Wildman–Crippen LogP) is 2.98. The van der Waals surface area contributed by atoms with E-state index in [1.807, 2.05) is 20.8 Å². The van der Waals surface area contributed by atoms with Crippen molar-refractivity contribution in [2.45, 2.75) is 27.2 Å². The molecule has 1 aliphatic rings. The molecule has 0 spiro atoms. The van der Waals surface area contributed by atoms with Gasteiger partial charge in [-0.25, -0.2) is 4.79 Å². The summed E-state index contributed by atoms with van der Waals surface area (Å²) in [6.45, 7) is 6.90. The van der Waals surface area contributed by atoms with Gasteiger partial charge < -0.3 is 9.47 Å². The fourth-order valence-corrected chi connectivity index (χ4v) is 1.92. The molecule has 0 aromatic heterocycles. The number of rotatable bonds is 3. The molecular weight excluding hydrogens is 258 g/mol. The van der Waals surface area contributed by atoms with Crippen molar-refractivity contribution in [2.75, 3.05) is 18.1 Å². The molecule has 0 saturated carbocycles. The van der Waals surface area contributed by atoms with E-state index in [1.165, 1.54) is 0 Å². The van der Waals surface area contributed by atoms with Crippen molar-refractivity contribution >= 4 is 17.7 Å². The third-order valence-electron chi connectivity index (χ3n) is 2.82. The maximum absolute atomic E-state index is 11.7. The van der Waals surface area contributed by atoms with Crippen LogP contribution in [-0.4, -0.2) is 25.2 Å². The number of cyclic esters (lactones) is 1. The van der Waals surface area contributed by atoms with E-state index in [0.717, 1.165) is 5.69 Å². The van der Waals surface area contributed by atoms with E-state index < -0.39 is 0 Å². The number of esters is 1. The Morgan fingerprint density at radius 1 is 1.30 bits per heavy atom. The number of nitrogens with zero attached hydrogens (tertiary/aromatic N) is 1. The first-order valence-corrected chi connectivity index (χ1v) is 6.60. The molecule has 0 radical (unpaired) electrons. The minimum Gasteiger partial charge on any atom is -0.447 e. The summed E-state index contributed by atoms with van der Waals surface area (Å²) < 4.78 is 10.1. The molecule has 1 aromatic rings. The van der Waals surface area contributed by atoms with Crippen LogP contribution in [0.3, 0.4) is 0 Å². The van der Waals surface area contributed by atoms with E-state index in [-0.39, 0.29) is 17.5 Å². The number of benzene rings is 1. The van der Waals surface area contributed by atoms with E-state index in [0.29, 0.717) is 25.3 Å². The van der Waals surface area contributed by atoms with Gasteiger partial charge in [0.05, 0.1) is 13.0 Å². The smallest absolute Gasteiger partial charge is 0.414 e. The SMILES string of the molecule is CC(C)(C)CC(=O)Oc1ccc(N2CCOC2=O)cc1.